The fraction of sp³-hybridized carbons (Fsp3) is 0. The second-order valence-electron chi connectivity index (χ2n) is 5.45. The Morgan fingerprint density at radius 1 is 0.769 bits per heavy atom. The molecule has 26 heavy (non-hydrogen) atoms. The summed E-state index contributed by atoms with van der Waals surface area (Å²) in [6.45, 7) is 0. The van der Waals surface area contributed by atoms with Crippen LogP contribution in [0, 0.1) is 0 Å². The average molecular weight is 347 g/mol. The molecule has 0 radical (unpaired) electrons. The van der Waals surface area contributed by atoms with Crippen LogP contribution in [0.25, 0.3) is 11.1 Å². The second-order valence-corrected chi connectivity index (χ2v) is 5.45. The van der Waals surface area contributed by atoms with Gasteiger partial charge in [-0.1, -0.05) is 60.7 Å². The Labute approximate surface area is 148 Å². The van der Waals surface area contributed by atoms with Crippen molar-refractivity contribution in [3.63, 3.8) is 0 Å². The highest BCUT2D eigenvalue weighted by Gasteiger charge is 2.26. The van der Waals surface area contributed by atoms with E-state index in [1.165, 1.54) is 18.2 Å². The van der Waals surface area contributed by atoms with E-state index in [1.54, 1.807) is 48.5 Å². The molecule has 3 aromatic rings. The van der Waals surface area contributed by atoms with Gasteiger partial charge in [-0.2, -0.15) is 0 Å². The number of carboxylic acids is 2. The molecule has 0 spiro atoms. The number of hydrogen-bond acceptors (Lipinski definition) is 4. The smallest absolute Gasteiger partial charge is 0.354 e. The van der Waals surface area contributed by atoms with Crippen molar-refractivity contribution in [2.24, 2.45) is 0 Å². The summed E-state index contributed by atoms with van der Waals surface area (Å²) in [4.78, 5) is 40.0. The monoisotopic (exact) mass is 347 g/mol. The van der Waals surface area contributed by atoms with E-state index in [2.05, 4.69) is 4.98 Å². The highest BCUT2D eigenvalue weighted by molar-refractivity contribution is 6.15. The molecule has 0 amide bonds. The summed E-state index contributed by atoms with van der Waals surface area (Å²) in [5.74, 6) is -3.35. The maximum absolute atomic E-state index is 12.8. The highest BCUT2D eigenvalue weighted by atomic mass is 16.4. The Bertz CT molecular complexity index is 997. The summed E-state index contributed by atoms with van der Waals surface area (Å²) < 4.78 is 0. The fourth-order valence-electron chi connectivity index (χ4n) is 2.61. The van der Waals surface area contributed by atoms with E-state index in [-0.39, 0.29) is 16.7 Å². The van der Waals surface area contributed by atoms with E-state index in [0.29, 0.717) is 5.56 Å². The largest absolute Gasteiger partial charge is 0.478 e. The van der Waals surface area contributed by atoms with Crippen LogP contribution in [-0.4, -0.2) is 32.9 Å². The minimum absolute atomic E-state index is 0.129. The van der Waals surface area contributed by atoms with Gasteiger partial charge in [0, 0.05) is 11.1 Å². The quantitative estimate of drug-likeness (QED) is 0.686. The predicted octanol–water partition coefficient (Wildman–Crippen LogP) is 3.38. The Balaban J connectivity index is 2.32. The van der Waals surface area contributed by atoms with Gasteiger partial charge in [0.25, 0.3) is 0 Å². The Hall–Kier alpha value is -3.80. The molecule has 0 aliphatic carbocycles. The van der Waals surface area contributed by atoms with Crippen LogP contribution in [0.2, 0.25) is 0 Å². The molecule has 0 atom stereocenters. The number of carbonyl (C=O) groups excluding carboxylic acids is 1. The van der Waals surface area contributed by atoms with Crippen molar-refractivity contribution < 1.29 is 24.6 Å². The maximum atomic E-state index is 12.8. The fourth-order valence-corrected chi connectivity index (χ4v) is 2.61. The van der Waals surface area contributed by atoms with Crippen molar-refractivity contribution in [2.75, 3.05) is 0 Å². The lowest BCUT2D eigenvalue weighted by Gasteiger charge is -2.12. The van der Waals surface area contributed by atoms with Crippen molar-refractivity contribution in [1.82, 2.24) is 4.98 Å². The SMILES string of the molecule is O=C(O)c1cc(-c2ccccc2)c(C(=O)O)c(C(=O)c2ccccc2)n1. The minimum atomic E-state index is -1.35. The molecule has 0 unspecified atom stereocenters. The number of carbonyl (C=O) groups is 3. The lowest BCUT2D eigenvalue weighted by molar-refractivity contribution is 0.0674. The van der Waals surface area contributed by atoms with Gasteiger partial charge < -0.3 is 10.2 Å². The van der Waals surface area contributed by atoms with E-state index in [4.69, 9.17) is 0 Å². The third-order valence-electron chi connectivity index (χ3n) is 3.79. The molecular formula is C20H13NO5. The van der Waals surface area contributed by atoms with Gasteiger partial charge in [0.1, 0.15) is 11.4 Å². The van der Waals surface area contributed by atoms with Crippen LogP contribution in [0.5, 0.6) is 0 Å². The molecular weight excluding hydrogens is 334 g/mol. The highest BCUT2D eigenvalue weighted by Crippen LogP contribution is 2.28. The molecule has 0 saturated heterocycles. The molecule has 6 nitrogen and oxygen atoms in total. The molecule has 0 aliphatic rings. The number of hydrogen-bond donors (Lipinski definition) is 2. The van der Waals surface area contributed by atoms with Crippen LogP contribution in [0.15, 0.2) is 66.7 Å². The number of aromatic nitrogens is 1. The molecule has 1 aromatic heterocycles. The topological polar surface area (TPSA) is 105 Å². The molecule has 2 N–H and O–H groups in total. The van der Waals surface area contributed by atoms with Crippen LogP contribution >= 0.6 is 0 Å². The van der Waals surface area contributed by atoms with Gasteiger partial charge in [0.2, 0.25) is 5.78 Å². The van der Waals surface area contributed by atoms with Gasteiger partial charge in [-0.15, -0.1) is 0 Å². The summed E-state index contributed by atoms with van der Waals surface area (Å²) in [5.41, 5.74) is -0.281. The second kappa shape index (κ2) is 6.98. The summed E-state index contributed by atoms with van der Waals surface area (Å²) in [7, 11) is 0. The summed E-state index contributed by atoms with van der Waals surface area (Å²) in [6.07, 6.45) is 0. The summed E-state index contributed by atoms with van der Waals surface area (Å²) in [5, 5.41) is 19.0. The number of pyridine rings is 1. The van der Waals surface area contributed by atoms with Crippen LogP contribution in [0.1, 0.15) is 36.9 Å². The van der Waals surface area contributed by atoms with Crippen LogP contribution in [0.3, 0.4) is 0 Å². The van der Waals surface area contributed by atoms with E-state index in [0.717, 1.165) is 0 Å². The number of aromatic carboxylic acids is 2. The zero-order valence-electron chi connectivity index (χ0n) is 13.4. The molecule has 6 heteroatoms. The average Bonchev–Trinajstić information content (AvgIpc) is 2.67. The number of carboxylic acid groups (broad SMARTS) is 2. The summed E-state index contributed by atoms with van der Waals surface area (Å²) in [6, 6.07) is 17.6. The van der Waals surface area contributed by atoms with Gasteiger partial charge in [0.05, 0.1) is 5.56 Å². The summed E-state index contributed by atoms with van der Waals surface area (Å²) >= 11 is 0. The molecule has 3 rings (SSSR count). The number of ketones is 1. The zero-order chi connectivity index (χ0) is 18.7. The third kappa shape index (κ3) is 3.21. The van der Waals surface area contributed by atoms with Crippen molar-refractivity contribution in [1.29, 1.82) is 0 Å². The Morgan fingerprint density at radius 2 is 1.35 bits per heavy atom. The van der Waals surface area contributed by atoms with E-state index in [9.17, 15) is 24.6 Å². The third-order valence-corrected chi connectivity index (χ3v) is 3.79. The first kappa shape index (κ1) is 17.0. The number of benzene rings is 2. The zero-order valence-corrected chi connectivity index (χ0v) is 13.4. The van der Waals surface area contributed by atoms with Gasteiger partial charge in [-0.3, -0.25) is 4.79 Å². The number of nitrogens with zero attached hydrogens (tertiary/aromatic N) is 1. The van der Waals surface area contributed by atoms with E-state index in [1.807, 2.05) is 0 Å². The molecule has 0 aliphatic heterocycles. The van der Waals surface area contributed by atoms with Crippen LogP contribution in [-0.2, 0) is 0 Å². The van der Waals surface area contributed by atoms with Crippen molar-refractivity contribution in [2.45, 2.75) is 0 Å². The van der Waals surface area contributed by atoms with E-state index >= 15 is 0 Å². The van der Waals surface area contributed by atoms with Gasteiger partial charge in [0.15, 0.2) is 0 Å². The normalized spacial score (nSPS) is 10.3. The maximum Gasteiger partial charge on any atom is 0.354 e. The first-order valence-corrected chi connectivity index (χ1v) is 7.66. The van der Waals surface area contributed by atoms with Crippen molar-refractivity contribution in [3.8, 4) is 11.1 Å². The van der Waals surface area contributed by atoms with E-state index < -0.39 is 29.1 Å². The van der Waals surface area contributed by atoms with Crippen LogP contribution in [0.4, 0.5) is 0 Å². The van der Waals surface area contributed by atoms with Gasteiger partial charge in [-0.05, 0) is 11.6 Å². The molecule has 0 saturated carbocycles. The first-order valence-electron chi connectivity index (χ1n) is 7.66. The van der Waals surface area contributed by atoms with Crippen LogP contribution < -0.4 is 0 Å². The lowest BCUT2D eigenvalue weighted by Crippen LogP contribution is -2.17. The Morgan fingerprint density at radius 3 is 1.88 bits per heavy atom. The standard InChI is InChI=1S/C20H13NO5/c22-18(13-9-5-2-6-10-13)17-16(20(25)26)14(11-15(21-17)19(23)24)12-7-3-1-4-8-12/h1-11H,(H,23,24)(H,25,26). The number of rotatable bonds is 5. The molecule has 0 bridgehead atoms. The van der Waals surface area contributed by atoms with Gasteiger partial charge in [-0.25, -0.2) is 14.6 Å². The molecule has 1 heterocycles. The molecule has 2 aromatic carbocycles. The predicted molar refractivity (Wildman–Crippen MR) is 93.5 cm³/mol. The van der Waals surface area contributed by atoms with Gasteiger partial charge >= 0.3 is 11.9 Å². The van der Waals surface area contributed by atoms with Crippen molar-refractivity contribution in [3.05, 3.63) is 89.2 Å². The van der Waals surface area contributed by atoms with Crippen molar-refractivity contribution >= 4 is 17.7 Å². The molecule has 128 valence electrons. The Kier molecular flexibility index (Phi) is 4.57. The minimum Gasteiger partial charge on any atom is -0.478 e. The molecule has 0 fully saturated rings. The first-order chi connectivity index (χ1) is 12.5. The lowest BCUT2D eigenvalue weighted by atomic mass is 9.94.